The molecule has 3 aliphatic rings. The SMILES string of the molecule is COC1=CC2=CC=C3C=C(OC)C=C(OC)C3C2C(OC)=C1. The molecule has 0 saturated carbocycles. The number of allylic oxidation sites excluding steroid dienone is 8. The Labute approximate surface area is 130 Å². The van der Waals surface area contributed by atoms with Crippen molar-refractivity contribution < 1.29 is 18.9 Å². The summed E-state index contributed by atoms with van der Waals surface area (Å²) in [7, 11) is 6.70. The van der Waals surface area contributed by atoms with E-state index in [9.17, 15) is 0 Å². The monoisotopic (exact) mass is 300 g/mol. The molecule has 0 heterocycles. The van der Waals surface area contributed by atoms with Crippen LogP contribution in [0.3, 0.4) is 0 Å². The van der Waals surface area contributed by atoms with Gasteiger partial charge in [0.2, 0.25) is 0 Å². The summed E-state index contributed by atoms with van der Waals surface area (Å²) >= 11 is 0. The molecule has 0 aromatic rings. The molecule has 0 saturated heterocycles. The number of rotatable bonds is 4. The van der Waals surface area contributed by atoms with Gasteiger partial charge in [-0.05, 0) is 23.3 Å². The van der Waals surface area contributed by atoms with Crippen LogP contribution in [-0.2, 0) is 18.9 Å². The summed E-state index contributed by atoms with van der Waals surface area (Å²) in [6, 6.07) is 0. The van der Waals surface area contributed by atoms with E-state index in [1.54, 1.807) is 28.4 Å². The van der Waals surface area contributed by atoms with Crippen LogP contribution in [0.4, 0.5) is 0 Å². The molecule has 116 valence electrons. The molecule has 0 aromatic heterocycles. The highest BCUT2D eigenvalue weighted by Gasteiger charge is 2.39. The van der Waals surface area contributed by atoms with Crippen LogP contribution in [0.1, 0.15) is 0 Å². The Kier molecular flexibility index (Phi) is 3.84. The molecule has 0 aromatic carbocycles. The van der Waals surface area contributed by atoms with Gasteiger partial charge in [0.25, 0.3) is 0 Å². The van der Waals surface area contributed by atoms with Crippen molar-refractivity contribution in [2.45, 2.75) is 0 Å². The van der Waals surface area contributed by atoms with E-state index in [4.69, 9.17) is 18.9 Å². The Morgan fingerprint density at radius 2 is 1.00 bits per heavy atom. The summed E-state index contributed by atoms with van der Waals surface area (Å²) in [6.07, 6.45) is 12.2. The predicted octanol–water partition coefficient (Wildman–Crippen LogP) is 3.23. The number of hydrogen-bond acceptors (Lipinski definition) is 4. The summed E-state index contributed by atoms with van der Waals surface area (Å²) < 4.78 is 22.0. The summed E-state index contributed by atoms with van der Waals surface area (Å²) in [5.41, 5.74) is 2.31. The van der Waals surface area contributed by atoms with Crippen LogP contribution in [0.25, 0.3) is 0 Å². The van der Waals surface area contributed by atoms with Crippen molar-refractivity contribution in [3.63, 3.8) is 0 Å². The zero-order chi connectivity index (χ0) is 15.7. The molecule has 4 heteroatoms. The van der Waals surface area contributed by atoms with Crippen LogP contribution in [0, 0.1) is 11.8 Å². The summed E-state index contributed by atoms with van der Waals surface area (Å²) in [6.45, 7) is 0. The maximum atomic E-state index is 5.63. The highest BCUT2D eigenvalue weighted by Crippen LogP contribution is 2.46. The average Bonchev–Trinajstić information content (AvgIpc) is 2.58. The second-order valence-corrected chi connectivity index (χ2v) is 5.29. The maximum Gasteiger partial charge on any atom is 0.122 e. The minimum Gasteiger partial charge on any atom is -0.500 e. The third-order valence-corrected chi connectivity index (χ3v) is 4.26. The first-order chi connectivity index (χ1) is 10.7. The van der Waals surface area contributed by atoms with Gasteiger partial charge in [-0.1, -0.05) is 12.2 Å². The number of ether oxygens (including phenoxy) is 4. The van der Waals surface area contributed by atoms with Gasteiger partial charge >= 0.3 is 0 Å². The topological polar surface area (TPSA) is 36.9 Å². The van der Waals surface area contributed by atoms with Crippen LogP contribution >= 0.6 is 0 Å². The fraction of sp³-hybridized carbons (Fsp3) is 0.333. The quantitative estimate of drug-likeness (QED) is 0.799. The summed E-state index contributed by atoms with van der Waals surface area (Å²) in [4.78, 5) is 0. The van der Waals surface area contributed by atoms with Gasteiger partial charge in [-0.2, -0.15) is 0 Å². The first-order valence-electron chi connectivity index (χ1n) is 7.16. The zero-order valence-electron chi connectivity index (χ0n) is 13.3. The van der Waals surface area contributed by atoms with E-state index in [1.165, 1.54) is 0 Å². The normalized spacial score (nSPS) is 26.0. The van der Waals surface area contributed by atoms with Crippen molar-refractivity contribution in [2.24, 2.45) is 11.8 Å². The van der Waals surface area contributed by atoms with E-state index in [1.807, 2.05) is 24.3 Å². The van der Waals surface area contributed by atoms with Crippen LogP contribution in [-0.4, -0.2) is 28.4 Å². The van der Waals surface area contributed by atoms with Gasteiger partial charge in [0.05, 0.1) is 40.3 Å². The second-order valence-electron chi connectivity index (χ2n) is 5.29. The maximum absolute atomic E-state index is 5.63. The van der Waals surface area contributed by atoms with Crippen LogP contribution < -0.4 is 0 Å². The first-order valence-corrected chi connectivity index (χ1v) is 7.16. The number of fused-ring (bicyclic) bond motifs is 3. The van der Waals surface area contributed by atoms with Crippen molar-refractivity contribution in [1.29, 1.82) is 0 Å². The molecule has 3 aliphatic carbocycles. The van der Waals surface area contributed by atoms with Gasteiger partial charge < -0.3 is 18.9 Å². The summed E-state index contributed by atoms with van der Waals surface area (Å²) in [5, 5.41) is 0. The molecular weight excluding hydrogens is 280 g/mol. The van der Waals surface area contributed by atoms with Gasteiger partial charge in [-0.3, -0.25) is 0 Å². The van der Waals surface area contributed by atoms with E-state index >= 15 is 0 Å². The Bertz CT molecular complexity index is 601. The van der Waals surface area contributed by atoms with E-state index in [0.29, 0.717) is 0 Å². The van der Waals surface area contributed by atoms with Gasteiger partial charge in [0.1, 0.15) is 23.0 Å². The van der Waals surface area contributed by atoms with Gasteiger partial charge in [-0.25, -0.2) is 0 Å². The van der Waals surface area contributed by atoms with Crippen molar-refractivity contribution in [1.82, 2.24) is 0 Å². The van der Waals surface area contributed by atoms with Crippen LogP contribution in [0.2, 0.25) is 0 Å². The van der Waals surface area contributed by atoms with Crippen molar-refractivity contribution in [3.8, 4) is 0 Å². The first kappa shape index (κ1) is 14.6. The van der Waals surface area contributed by atoms with E-state index in [0.717, 1.165) is 34.2 Å². The number of hydrogen-bond donors (Lipinski definition) is 0. The van der Waals surface area contributed by atoms with E-state index < -0.39 is 0 Å². The minimum absolute atomic E-state index is 0.0877. The van der Waals surface area contributed by atoms with Crippen molar-refractivity contribution in [2.75, 3.05) is 28.4 Å². The molecule has 0 fully saturated rings. The van der Waals surface area contributed by atoms with Gasteiger partial charge in [0, 0.05) is 12.2 Å². The Hall–Kier alpha value is -2.36. The number of methoxy groups -OCH3 is 4. The lowest BCUT2D eigenvalue weighted by molar-refractivity contribution is 0.186. The Morgan fingerprint density at radius 1 is 0.591 bits per heavy atom. The largest absolute Gasteiger partial charge is 0.500 e. The average molecular weight is 300 g/mol. The van der Waals surface area contributed by atoms with Crippen LogP contribution in [0.5, 0.6) is 0 Å². The van der Waals surface area contributed by atoms with E-state index in [-0.39, 0.29) is 11.8 Å². The third-order valence-electron chi connectivity index (χ3n) is 4.26. The molecule has 0 N–H and O–H groups in total. The van der Waals surface area contributed by atoms with Crippen molar-refractivity contribution >= 4 is 0 Å². The lowest BCUT2D eigenvalue weighted by atomic mass is 9.71. The van der Waals surface area contributed by atoms with Crippen molar-refractivity contribution in [3.05, 3.63) is 70.6 Å². The molecule has 0 bridgehead atoms. The highest BCUT2D eigenvalue weighted by atomic mass is 16.5. The highest BCUT2D eigenvalue weighted by molar-refractivity contribution is 5.53. The van der Waals surface area contributed by atoms with Gasteiger partial charge in [-0.15, -0.1) is 0 Å². The predicted molar refractivity (Wildman–Crippen MR) is 83.5 cm³/mol. The minimum atomic E-state index is 0.0877. The fourth-order valence-electron chi connectivity index (χ4n) is 3.20. The standard InChI is InChI=1S/C18H20O4/c1-19-13-7-11-5-6-12-8-14(20-2)10-16(22-4)18(12)17(11)15(9-13)21-3/h5-10,17-18H,1-4H3. The lowest BCUT2D eigenvalue weighted by Gasteiger charge is -2.37. The molecule has 0 aliphatic heterocycles. The zero-order valence-corrected chi connectivity index (χ0v) is 13.3. The molecule has 2 atom stereocenters. The third kappa shape index (κ3) is 2.25. The molecule has 0 spiro atoms. The molecule has 2 unspecified atom stereocenters. The molecule has 0 amide bonds. The second kappa shape index (κ2) is 5.79. The molecule has 0 radical (unpaired) electrons. The molecule has 4 nitrogen and oxygen atoms in total. The van der Waals surface area contributed by atoms with E-state index in [2.05, 4.69) is 12.2 Å². The lowest BCUT2D eigenvalue weighted by Crippen LogP contribution is -2.29. The summed E-state index contributed by atoms with van der Waals surface area (Å²) in [5.74, 6) is 3.51. The smallest absolute Gasteiger partial charge is 0.122 e. The van der Waals surface area contributed by atoms with Gasteiger partial charge in [0.15, 0.2) is 0 Å². The molecule has 22 heavy (non-hydrogen) atoms. The molecular formula is C18H20O4. The van der Waals surface area contributed by atoms with Crippen LogP contribution in [0.15, 0.2) is 70.6 Å². The fourth-order valence-corrected chi connectivity index (χ4v) is 3.20. The Morgan fingerprint density at radius 3 is 1.32 bits per heavy atom. The molecule has 3 rings (SSSR count). The Balaban J connectivity index is 2.09.